The van der Waals surface area contributed by atoms with Crippen LogP contribution in [0, 0.1) is 5.92 Å². The Bertz CT molecular complexity index is 377. The second kappa shape index (κ2) is 6.79. The zero-order valence-corrected chi connectivity index (χ0v) is 12.1. The summed E-state index contributed by atoms with van der Waals surface area (Å²) in [7, 11) is 0. The molecule has 1 unspecified atom stereocenters. The Morgan fingerprint density at radius 2 is 1.94 bits per heavy atom. The standard InChI is InChI=1S/C15H22ClNO/c1-12(2)9-15(3,17-14(18)11-16)10-13-7-5-4-6-8-13/h4-8,12H,9-11H2,1-3H3,(H,17,18). The number of carbonyl (C=O) groups excluding carboxylic acids is 1. The molecule has 0 spiro atoms. The summed E-state index contributed by atoms with van der Waals surface area (Å²) in [6, 6.07) is 10.2. The van der Waals surface area contributed by atoms with Gasteiger partial charge in [-0.3, -0.25) is 4.79 Å². The molecule has 1 rings (SSSR count). The highest BCUT2D eigenvalue weighted by molar-refractivity contribution is 6.27. The maximum Gasteiger partial charge on any atom is 0.235 e. The summed E-state index contributed by atoms with van der Waals surface area (Å²) in [4.78, 5) is 11.6. The fourth-order valence-corrected chi connectivity index (χ4v) is 2.55. The highest BCUT2D eigenvalue weighted by Gasteiger charge is 2.27. The lowest BCUT2D eigenvalue weighted by Gasteiger charge is -2.32. The van der Waals surface area contributed by atoms with Crippen LogP contribution in [0.1, 0.15) is 32.8 Å². The van der Waals surface area contributed by atoms with Gasteiger partial charge in [0.15, 0.2) is 0 Å². The van der Waals surface area contributed by atoms with E-state index in [1.165, 1.54) is 5.56 Å². The van der Waals surface area contributed by atoms with Crippen molar-refractivity contribution < 1.29 is 4.79 Å². The van der Waals surface area contributed by atoms with Gasteiger partial charge in [-0.05, 0) is 31.2 Å². The van der Waals surface area contributed by atoms with E-state index in [-0.39, 0.29) is 17.3 Å². The van der Waals surface area contributed by atoms with Crippen molar-refractivity contribution in [3.8, 4) is 0 Å². The molecule has 1 atom stereocenters. The van der Waals surface area contributed by atoms with Gasteiger partial charge in [-0.25, -0.2) is 0 Å². The predicted octanol–water partition coefficient (Wildman–Crippen LogP) is 3.39. The largest absolute Gasteiger partial charge is 0.350 e. The molecule has 18 heavy (non-hydrogen) atoms. The molecule has 0 saturated carbocycles. The Labute approximate surface area is 115 Å². The van der Waals surface area contributed by atoms with Gasteiger partial charge in [-0.2, -0.15) is 0 Å². The highest BCUT2D eigenvalue weighted by atomic mass is 35.5. The highest BCUT2D eigenvalue weighted by Crippen LogP contribution is 2.21. The molecular formula is C15H22ClNO. The van der Waals surface area contributed by atoms with E-state index in [9.17, 15) is 4.79 Å². The SMILES string of the molecule is CC(C)CC(C)(Cc1ccccc1)NC(=O)CCl. The van der Waals surface area contributed by atoms with Crippen LogP contribution in [0.5, 0.6) is 0 Å². The van der Waals surface area contributed by atoms with Gasteiger partial charge < -0.3 is 5.32 Å². The van der Waals surface area contributed by atoms with E-state index >= 15 is 0 Å². The summed E-state index contributed by atoms with van der Waals surface area (Å²) in [5, 5.41) is 3.05. The summed E-state index contributed by atoms with van der Waals surface area (Å²) in [6.45, 7) is 6.41. The molecular weight excluding hydrogens is 246 g/mol. The van der Waals surface area contributed by atoms with Gasteiger partial charge in [0, 0.05) is 5.54 Å². The zero-order valence-electron chi connectivity index (χ0n) is 11.4. The summed E-state index contributed by atoms with van der Waals surface area (Å²) in [5.74, 6) is 0.438. The number of alkyl halides is 1. The number of rotatable bonds is 6. The lowest BCUT2D eigenvalue weighted by molar-refractivity contribution is -0.120. The third-order valence-corrected chi connectivity index (χ3v) is 3.10. The summed E-state index contributed by atoms with van der Waals surface area (Å²) < 4.78 is 0. The topological polar surface area (TPSA) is 29.1 Å². The number of halogens is 1. The fraction of sp³-hybridized carbons (Fsp3) is 0.533. The van der Waals surface area contributed by atoms with Crippen molar-refractivity contribution in [2.45, 2.75) is 39.2 Å². The Morgan fingerprint density at radius 1 is 1.33 bits per heavy atom. The van der Waals surface area contributed by atoms with Gasteiger partial charge in [0.1, 0.15) is 5.88 Å². The molecule has 2 nitrogen and oxygen atoms in total. The third-order valence-electron chi connectivity index (χ3n) is 2.86. The van der Waals surface area contributed by atoms with Crippen LogP contribution in [0.15, 0.2) is 30.3 Å². The smallest absolute Gasteiger partial charge is 0.235 e. The van der Waals surface area contributed by atoms with Crippen molar-refractivity contribution in [3.05, 3.63) is 35.9 Å². The molecule has 0 aromatic heterocycles. The first-order valence-corrected chi connectivity index (χ1v) is 6.89. The molecule has 1 aromatic rings. The quantitative estimate of drug-likeness (QED) is 0.787. The van der Waals surface area contributed by atoms with Gasteiger partial charge >= 0.3 is 0 Å². The lowest BCUT2D eigenvalue weighted by Crippen LogP contribution is -2.49. The van der Waals surface area contributed by atoms with Crippen LogP contribution in [0.25, 0.3) is 0 Å². The molecule has 0 aliphatic carbocycles. The maximum atomic E-state index is 11.6. The van der Waals surface area contributed by atoms with E-state index in [4.69, 9.17) is 11.6 Å². The van der Waals surface area contributed by atoms with Crippen LogP contribution >= 0.6 is 11.6 Å². The van der Waals surface area contributed by atoms with E-state index in [1.54, 1.807) is 0 Å². The Hall–Kier alpha value is -1.02. The first-order chi connectivity index (χ1) is 8.45. The molecule has 3 heteroatoms. The molecule has 1 amide bonds. The van der Waals surface area contributed by atoms with Crippen LogP contribution in [0.3, 0.4) is 0 Å². The monoisotopic (exact) mass is 267 g/mol. The second-order valence-electron chi connectivity index (χ2n) is 5.50. The fourth-order valence-electron chi connectivity index (χ4n) is 2.48. The van der Waals surface area contributed by atoms with E-state index in [0.29, 0.717) is 5.92 Å². The van der Waals surface area contributed by atoms with Gasteiger partial charge in [0.2, 0.25) is 5.91 Å². The molecule has 1 aromatic carbocycles. The minimum atomic E-state index is -0.235. The first kappa shape index (κ1) is 15.0. The number of hydrogen-bond donors (Lipinski definition) is 1. The second-order valence-corrected chi connectivity index (χ2v) is 5.77. The third kappa shape index (κ3) is 5.09. The van der Waals surface area contributed by atoms with Crippen LogP contribution in [-0.2, 0) is 11.2 Å². The average Bonchev–Trinajstić information content (AvgIpc) is 2.28. The van der Waals surface area contributed by atoms with Crippen molar-refractivity contribution in [2.75, 3.05) is 5.88 Å². The summed E-state index contributed by atoms with van der Waals surface area (Å²) in [6.07, 6.45) is 1.76. The molecule has 100 valence electrons. The molecule has 0 radical (unpaired) electrons. The van der Waals surface area contributed by atoms with Crippen LogP contribution in [0.2, 0.25) is 0 Å². The Balaban J connectivity index is 2.80. The van der Waals surface area contributed by atoms with Crippen molar-refractivity contribution in [1.82, 2.24) is 5.32 Å². The summed E-state index contributed by atoms with van der Waals surface area (Å²) >= 11 is 5.59. The first-order valence-electron chi connectivity index (χ1n) is 6.36. The van der Waals surface area contributed by atoms with E-state index in [1.807, 2.05) is 18.2 Å². The van der Waals surface area contributed by atoms with Gasteiger partial charge in [-0.1, -0.05) is 44.2 Å². The minimum absolute atomic E-state index is 0.0163. The molecule has 0 aliphatic rings. The number of benzene rings is 1. The van der Waals surface area contributed by atoms with Gasteiger partial charge in [0.25, 0.3) is 0 Å². The average molecular weight is 268 g/mol. The van der Waals surface area contributed by atoms with E-state index in [2.05, 4.69) is 38.2 Å². The van der Waals surface area contributed by atoms with Crippen molar-refractivity contribution in [1.29, 1.82) is 0 Å². The van der Waals surface area contributed by atoms with Gasteiger partial charge in [-0.15, -0.1) is 11.6 Å². The summed E-state index contributed by atoms with van der Waals surface area (Å²) in [5.41, 5.74) is 0.997. The molecule has 1 N–H and O–H groups in total. The molecule has 0 fully saturated rings. The van der Waals surface area contributed by atoms with Crippen LogP contribution < -0.4 is 5.32 Å². The molecule has 0 bridgehead atoms. The van der Waals surface area contributed by atoms with Crippen molar-refractivity contribution in [2.24, 2.45) is 5.92 Å². The minimum Gasteiger partial charge on any atom is -0.350 e. The van der Waals surface area contributed by atoms with Crippen molar-refractivity contribution >= 4 is 17.5 Å². The normalized spacial score (nSPS) is 14.3. The van der Waals surface area contributed by atoms with Crippen molar-refractivity contribution in [3.63, 3.8) is 0 Å². The predicted molar refractivity (Wildman–Crippen MR) is 76.9 cm³/mol. The number of nitrogens with one attached hydrogen (secondary N) is 1. The number of amides is 1. The number of hydrogen-bond acceptors (Lipinski definition) is 1. The Kier molecular flexibility index (Phi) is 5.67. The zero-order chi connectivity index (χ0) is 13.6. The van der Waals surface area contributed by atoms with Crippen LogP contribution in [0.4, 0.5) is 0 Å². The Morgan fingerprint density at radius 3 is 2.44 bits per heavy atom. The molecule has 0 aliphatic heterocycles. The van der Waals surface area contributed by atoms with E-state index in [0.717, 1.165) is 12.8 Å². The molecule has 0 saturated heterocycles. The number of carbonyl (C=O) groups is 1. The maximum absolute atomic E-state index is 11.6. The van der Waals surface area contributed by atoms with E-state index < -0.39 is 0 Å². The lowest BCUT2D eigenvalue weighted by atomic mass is 9.85. The van der Waals surface area contributed by atoms with Crippen LogP contribution in [-0.4, -0.2) is 17.3 Å². The molecule has 0 heterocycles. The van der Waals surface area contributed by atoms with Gasteiger partial charge in [0.05, 0.1) is 0 Å².